The van der Waals surface area contributed by atoms with E-state index in [4.69, 9.17) is 0 Å². The maximum absolute atomic E-state index is 12.6. The summed E-state index contributed by atoms with van der Waals surface area (Å²) in [5.74, 6) is 0.159. The van der Waals surface area contributed by atoms with Crippen LogP contribution in [0.3, 0.4) is 0 Å². The quantitative estimate of drug-likeness (QED) is 0.799. The molecule has 0 N–H and O–H groups in total. The lowest BCUT2D eigenvalue weighted by Crippen LogP contribution is -2.38. The van der Waals surface area contributed by atoms with E-state index in [0.29, 0.717) is 12.1 Å². The summed E-state index contributed by atoms with van der Waals surface area (Å²) in [7, 11) is 0. The van der Waals surface area contributed by atoms with Gasteiger partial charge in [0.2, 0.25) is 0 Å². The molecule has 0 aromatic heterocycles. The summed E-state index contributed by atoms with van der Waals surface area (Å²) in [5.41, 5.74) is 3.12. The van der Waals surface area contributed by atoms with E-state index < -0.39 is 0 Å². The number of hydrogen-bond acceptors (Lipinski definition) is 1. The molecule has 0 bridgehead atoms. The Labute approximate surface area is 126 Å². The third-order valence-electron chi connectivity index (χ3n) is 4.43. The van der Waals surface area contributed by atoms with Crippen LogP contribution in [0.1, 0.15) is 37.0 Å². The molecule has 0 spiro atoms. The second-order valence-electron chi connectivity index (χ2n) is 5.93. The molecular formula is C19H21NO. The SMILES string of the molecule is CC1CCC(C)N1C(=O)c1ccc(-c2ccccc2)cc1. The predicted molar refractivity (Wildman–Crippen MR) is 86.2 cm³/mol. The molecular weight excluding hydrogens is 258 g/mol. The zero-order valence-electron chi connectivity index (χ0n) is 12.6. The van der Waals surface area contributed by atoms with Gasteiger partial charge in [0.25, 0.3) is 5.91 Å². The van der Waals surface area contributed by atoms with Crippen molar-refractivity contribution in [2.75, 3.05) is 0 Å². The van der Waals surface area contributed by atoms with Crippen molar-refractivity contribution in [3.8, 4) is 11.1 Å². The first-order valence-electron chi connectivity index (χ1n) is 7.65. The van der Waals surface area contributed by atoms with E-state index in [-0.39, 0.29) is 5.91 Å². The third-order valence-corrected chi connectivity index (χ3v) is 4.43. The largest absolute Gasteiger partial charge is 0.333 e. The molecule has 1 fully saturated rings. The molecule has 1 saturated heterocycles. The van der Waals surface area contributed by atoms with Crippen molar-refractivity contribution < 1.29 is 4.79 Å². The van der Waals surface area contributed by atoms with Crippen molar-refractivity contribution >= 4 is 5.91 Å². The Hall–Kier alpha value is -2.09. The van der Waals surface area contributed by atoms with E-state index in [2.05, 4.69) is 26.0 Å². The molecule has 2 nitrogen and oxygen atoms in total. The first-order chi connectivity index (χ1) is 10.2. The molecule has 0 saturated carbocycles. The van der Waals surface area contributed by atoms with Crippen LogP contribution < -0.4 is 0 Å². The van der Waals surface area contributed by atoms with Gasteiger partial charge in [-0.15, -0.1) is 0 Å². The van der Waals surface area contributed by atoms with Crippen LogP contribution in [0.15, 0.2) is 54.6 Å². The summed E-state index contributed by atoms with van der Waals surface area (Å²) in [5, 5.41) is 0. The summed E-state index contributed by atoms with van der Waals surface area (Å²) < 4.78 is 0. The second kappa shape index (κ2) is 5.72. The minimum absolute atomic E-state index is 0.159. The zero-order chi connectivity index (χ0) is 14.8. The first kappa shape index (κ1) is 13.9. The number of benzene rings is 2. The molecule has 3 rings (SSSR count). The Balaban J connectivity index is 1.83. The molecule has 21 heavy (non-hydrogen) atoms. The Morgan fingerprint density at radius 3 is 1.95 bits per heavy atom. The van der Waals surface area contributed by atoms with Crippen molar-refractivity contribution in [2.24, 2.45) is 0 Å². The van der Waals surface area contributed by atoms with Gasteiger partial charge in [0.1, 0.15) is 0 Å². The van der Waals surface area contributed by atoms with Crippen LogP contribution >= 0.6 is 0 Å². The number of nitrogens with zero attached hydrogens (tertiary/aromatic N) is 1. The van der Waals surface area contributed by atoms with E-state index in [9.17, 15) is 4.79 Å². The van der Waals surface area contributed by atoms with E-state index >= 15 is 0 Å². The number of hydrogen-bond donors (Lipinski definition) is 0. The molecule has 0 radical (unpaired) electrons. The highest BCUT2D eigenvalue weighted by Crippen LogP contribution is 2.26. The lowest BCUT2D eigenvalue weighted by Gasteiger charge is -2.26. The van der Waals surface area contributed by atoms with E-state index in [1.807, 2.05) is 47.4 Å². The van der Waals surface area contributed by atoms with Crippen molar-refractivity contribution in [3.63, 3.8) is 0 Å². The summed E-state index contributed by atoms with van der Waals surface area (Å²) in [6.45, 7) is 4.28. The average molecular weight is 279 g/mol. The molecule has 1 heterocycles. The van der Waals surface area contributed by atoms with Gasteiger partial charge in [0.05, 0.1) is 0 Å². The zero-order valence-corrected chi connectivity index (χ0v) is 12.6. The molecule has 2 atom stereocenters. The van der Waals surface area contributed by atoms with Gasteiger partial charge >= 0.3 is 0 Å². The van der Waals surface area contributed by atoms with E-state index in [1.165, 1.54) is 5.56 Å². The van der Waals surface area contributed by atoms with Crippen LogP contribution in [0, 0.1) is 0 Å². The van der Waals surface area contributed by atoms with Gasteiger partial charge < -0.3 is 4.90 Å². The maximum Gasteiger partial charge on any atom is 0.254 e. The van der Waals surface area contributed by atoms with Crippen molar-refractivity contribution in [2.45, 2.75) is 38.8 Å². The molecule has 2 heteroatoms. The van der Waals surface area contributed by atoms with Crippen LogP contribution in [-0.2, 0) is 0 Å². The van der Waals surface area contributed by atoms with Crippen LogP contribution in [0.2, 0.25) is 0 Å². The highest BCUT2D eigenvalue weighted by molar-refractivity contribution is 5.95. The number of amides is 1. The molecule has 1 aliphatic heterocycles. The number of carbonyl (C=O) groups excluding carboxylic acids is 1. The standard InChI is InChI=1S/C19H21NO/c1-14-8-9-15(2)20(14)19(21)18-12-10-17(11-13-18)16-6-4-3-5-7-16/h3-7,10-15H,8-9H2,1-2H3. The first-order valence-corrected chi connectivity index (χ1v) is 7.65. The molecule has 0 aliphatic carbocycles. The highest BCUT2D eigenvalue weighted by atomic mass is 16.2. The maximum atomic E-state index is 12.6. The van der Waals surface area contributed by atoms with Gasteiger partial charge in [0.15, 0.2) is 0 Å². The Kier molecular flexibility index (Phi) is 3.78. The second-order valence-corrected chi connectivity index (χ2v) is 5.93. The Morgan fingerprint density at radius 1 is 0.857 bits per heavy atom. The molecule has 1 amide bonds. The number of rotatable bonds is 2. The highest BCUT2D eigenvalue weighted by Gasteiger charge is 2.31. The topological polar surface area (TPSA) is 20.3 Å². The fraction of sp³-hybridized carbons (Fsp3) is 0.316. The molecule has 1 aliphatic rings. The van der Waals surface area contributed by atoms with Gasteiger partial charge in [-0.05, 0) is 49.9 Å². The van der Waals surface area contributed by atoms with E-state index in [0.717, 1.165) is 24.0 Å². The average Bonchev–Trinajstić information content (AvgIpc) is 2.87. The van der Waals surface area contributed by atoms with E-state index in [1.54, 1.807) is 0 Å². The van der Waals surface area contributed by atoms with Crippen LogP contribution in [0.25, 0.3) is 11.1 Å². The van der Waals surface area contributed by atoms with Gasteiger partial charge in [-0.25, -0.2) is 0 Å². The number of likely N-dealkylation sites (tertiary alicyclic amines) is 1. The number of carbonyl (C=O) groups is 1. The van der Waals surface area contributed by atoms with Crippen LogP contribution in [-0.4, -0.2) is 22.9 Å². The predicted octanol–water partition coefficient (Wildman–Crippen LogP) is 4.37. The normalized spacial score (nSPS) is 21.5. The molecule has 2 aromatic carbocycles. The molecule has 2 unspecified atom stereocenters. The fourth-order valence-electron chi connectivity index (χ4n) is 3.18. The Morgan fingerprint density at radius 2 is 1.38 bits per heavy atom. The van der Waals surface area contributed by atoms with Crippen molar-refractivity contribution in [1.82, 2.24) is 4.90 Å². The summed E-state index contributed by atoms with van der Waals surface area (Å²) in [6.07, 6.45) is 2.21. The lowest BCUT2D eigenvalue weighted by atomic mass is 10.0. The minimum atomic E-state index is 0.159. The van der Waals surface area contributed by atoms with Crippen LogP contribution in [0.5, 0.6) is 0 Å². The summed E-state index contributed by atoms with van der Waals surface area (Å²) >= 11 is 0. The summed E-state index contributed by atoms with van der Waals surface area (Å²) in [4.78, 5) is 14.7. The monoisotopic (exact) mass is 279 g/mol. The molecule has 108 valence electrons. The minimum Gasteiger partial charge on any atom is -0.333 e. The molecule has 2 aromatic rings. The van der Waals surface area contributed by atoms with Gasteiger partial charge in [0, 0.05) is 17.6 Å². The smallest absolute Gasteiger partial charge is 0.254 e. The van der Waals surface area contributed by atoms with Crippen LogP contribution in [0.4, 0.5) is 0 Å². The third kappa shape index (κ3) is 2.71. The van der Waals surface area contributed by atoms with Gasteiger partial charge in [-0.2, -0.15) is 0 Å². The lowest BCUT2D eigenvalue weighted by molar-refractivity contribution is 0.0693. The summed E-state index contributed by atoms with van der Waals surface area (Å²) in [6, 6.07) is 18.9. The fourth-order valence-corrected chi connectivity index (χ4v) is 3.18. The van der Waals surface area contributed by atoms with Crippen molar-refractivity contribution in [1.29, 1.82) is 0 Å². The van der Waals surface area contributed by atoms with Gasteiger partial charge in [-0.3, -0.25) is 4.79 Å². The van der Waals surface area contributed by atoms with Gasteiger partial charge in [-0.1, -0.05) is 42.5 Å². The Bertz CT molecular complexity index is 608. The van der Waals surface area contributed by atoms with Crippen molar-refractivity contribution in [3.05, 3.63) is 60.2 Å².